The van der Waals surface area contributed by atoms with Crippen molar-refractivity contribution in [3.63, 3.8) is 0 Å². The molecule has 18 heteroatoms. The summed E-state index contributed by atoms with van der Waals surface area (Å²) < 4.78 is 19.3. The Labute approximate surface area is 313 Å². The van der Waals surface area contributed by atoms with Crippen LogP contribution in [-0.2, 0) is 13.1 Å². The smallest absolute Gasteiger partial charge is 0.276 e. The normalized spacial score (nSPS) is 16.0. The molecule has 18 nitrogen and oxygen atoms in total. The van der Waals surface area contributed by atoms with Gasteiger partial charge in [0, 0.05) is 24.2 Å². The molecular weight excluding hydrogens is 708 g/mol. The molecule has 55 heavy (non-hydrogen) atoms. The van der Waals surface area contributed by atoms with Gasteiger partial charge in [-0.15, -0.1) is 0 Å². The van der Waals surface area contributed by atoms with Gasteiger partial charge in [-0.05, 0) is 70.5 Å². The van der Waals surface area contributed by atoms with E-state index in [1.165, 1.54) is 0 Å². The second-order valence-corrected chi connectivity index (χ2v) is 13.4. The number of primary amides is 2. The van der Waals surface area contributed by atoms with Gasteiger partial charge in [0.15, 0.2) is 0 Å². The minimum Gasteiger partial charge on any atom is -0.489 e. The Morgan fingerprint density at radius 1 is 0.745 bits per heavy atom. The molecule has 2 unspecified atom stereocenters. The third kappa shape index (κ3) is 6.10. The van der Waals surface area contributed by atoms with Gasteiger partial charge in [-0.3, -0.25) is 48.3 Å². The molecule has 0 aliphatic carbocycles. The molecule has 0 saturated heterocycles. The van der Waals surface area contributed by atoms with E-state index in [1.807, 2.05) is 49.0 Å². The largest absolute Gasteiger partial charge is 0.489 e. The molecule has 2 aliphatic rings. The number of hydrogen-bond donors (Lipinski definition) is 4. The molecule has 2 aliphatic heterocycles. The molecule has 8 rings (SSSR count). The van der Waals surface area contributed by atoms with Crippen molar-refractivity contribution in [2.75, 3.05) is 23.8 Å². The highest BCUT2D eigenvalue weighted by molar-refractivity contribution is 6.05. The molecule has 0 spiro atoms. The topological polar surface area (TPSA) is 234 Å². The number of aryl methyl sites for hydroxylation is 4. The van der Waals surface area contributed by atoms with Crippen LogP contribution in [0.2, 0.25) is 0 Å². The summed E-state index contributed by atoms with van der Waals surface area (Å²) in [5, 5.41) is 14.7. The molecule has 0 fully saturated rings. The number of rotatable bonds is 11. The number of aromatic nitrogens is 8. The van der Waals surface area contributed by atoms with E-state index in [0.29, 0.717) is 75.9 Å². The highest BCUT2D eigenvalue weighted by atomic mass is 16.5. The van der Waals surface area contributed by atoms with Crippen LogP contribution in [0.5, 0.6) is 11.5 Å². The number of benzene rings is 2. The number of nitrogens with one attached hydrogen (secondary N) is 2. The Morgan fingerprint density at radius 2 is 1.24 bits per heavy atom. The van der Waals surface area contributed by atoms with E-state index in [0.717, 1.165) is 0 Å². The van der Waals surface area contributed by atoms with Crippen LogP contribution in [-0.4, -0.2) is 75.5 Å². The van der Waals surface area contributed by atoms with Gasteiger partial charge in [0.2, 0.25) is 23.7 Å². The molecule has 282 valence electrons. The van der Waals surface area contributed by atoms with Crippen LogP contribution in [0.1, 0.15) is 85.4 Å². The summed E-state index contributed by atoms with van der Waals surface area (Å²) >= 11 is 0. The van der Waals surface area contributed by atoms with Crippen LogP contribution in [0.3, 0.4) is 0 Å². The zero-order chi connectivity index (χ0) is 38.7. The Hall–Kier alpha value is -6.98. The van der Waals surface area contributed by atoms with Gasteiger partial charge in [-0.25, -0.2) is 9.97 Å². The predicted octanol–water partition coefficient (Wildman–Crippen LogP) is 3.65. The van der Waals surface area contributed by atoms with Gasteiger partial charge in [0.1, 0.15) is 47.1 Å². The summed E-state index contributed by atoms with van der Waals surface area (Å²) in [7, 11) is 0. The molecule has 6 heterocycles. The molecule has 2 aromatic carbocycles. The molecule has 0 bridgehead atoms. The van der Waals surface area contributed by atoms with Crippen molar-refractivity contribution in [2.24, 2.45) is 11.5 Å². The van der Waals surface area contributed by atoms with Crippen molar-refractivity contribution in [3.05, 3.63) is 82.5 Å². The maximum atomic E-state index is 13.6. The van der Waals surface area contributed by atoms with E-state index >= 15 is 0 Å². The lowest BCUT2D eigenvalue weighted by atomic mass is 10.1. The van der Waals surface area contributed by atoms with Crippen LogP contribution < -0.4 is 31.6 Å². The van der Waals surface area contributed by atoms with Crippen LogP contribution in [0.4, 0.5) is 11.9 Å². The monoisotopic (exact) mass is 746 g/mol. The summed E-state index contributed by atoms with van der Waals surface area (Å²) in [6.45, 7) is 8.78. The van der Waals surface area contributed by atoms with Crippen molar-refractivity contribution >= 4 is 57.6 Å². The molecular formula is C37H38N12O6. The zero-order valence-corrected chi connectivity index (χ0v) is 30.5. The van der Waals surface area contributed by atoms with Crippen molar-refractivity contribution in [3.8, 4) is 11.5 Å². The number of amides is 4. The lowest BCUT2D eigenvalue weighted by Crippen LogP contribution is -2.26. The fourth-order valence-corrected chi connectivity index (χ4v) is 7.24. The maximum absolute atomic E-state index is 13.6. The number of imidazole rings is 2. The maximum Gasteiger partial charge on any atom is 0.276 e. The Kier molecular flexibility index (Phi) is 8.58. The predicted molar refractivity (Wildman–Crippen MR) is 201 cm³/mol. The van der Waals surface area contributed by atoms with Crippen molar-refractivity contribution in [1.29, 1.82) is 0 Å². The first-order chi connectivity index (χ1) is 26.4. The van der Waals surface area contributed by atoms with E-state index in [4.69, 9.17) is 30.9 Å². The van der Waals surface area contributed by atoms with Crippen LogP contribution in [0, 0.1) is 13.8 Å². The second kappa shape index (κ2) is 13.5. The van der Waals surface area contributed by atoms with E-state index < -0.39 is 23.8 Å². The van der Waals surface area contributed by atoms with Crippen LogP contribution in [0.15, 0.2) is 48.6 Å². The SMILES string of the molecule is CCn1nc(C)cc1C(=O)Nc1nc2cc(C(N)=O)cc3c2n1C(/C=C\CC1COc2cc(C(N)=O)cc4nc(NC(=O)c5cc(C)nn5CC)n1c24)CO3. The van der Waals surface area contributed by atoms with Crippen molar-refractivity contribution in [2.45, 2.75) is 59.3 Å². The second-order valence-electron chi connectivity index (χ2n) is 13.4. The van der Waals surface area contributed by atoms with E-state index in [9.17, 15) is 19.2 Å². The number of hydrogen-bond acceptors (Lipinski definition) is 10. The Morgan fingerprint density at radius 3 is 1.75 bits per heavy atom. The number of allylic oxidation sites excluding steroid dienone is 1. The standard InChI is InChI=1S/C37H38N12O6/c1-5-46-26(10-18(3)44-46)34(52)42-36-40-24-12-20(32(38)50)14-28-30(24)48(36)22(16-54-28)8-7-9-23-17-55-29-15-21(33(39)51)13-25-31(29)49(23)37(41-25)43-35(53)27-11-19(4)45-47(27)6-2/h7-8,10-15,22-23H,5-6,9,16-17H2,1-4H3,(H2,38,50)(H2,39,51)(H,40,42,52)(H,41,43,53)/b8-7-. The first kappa shape index (κ1) is 35.1. The fourth-order valence-electron chi connectivity index (χ4n) is 7.24. The molecule has 2 atom stereocenters. The quantitative estimate of drug-likeness (QED) is 0.141. The number of nitrogens with zero attached hydrogens (tertiary/aromatic N) is 8. The molecule has 4 aromatic heterocycles. The number of carbonyl (C=O) groups excluding carboxylic acids is 4. The number of ether oxygens (including phenoxy) is 2. The van der Waals surface area contributed by atoms with Gasteiger partial charge in [0.05, 0.1) is 34.5 Å². The van der Waals surface area contributed by atoms with Gasteiger partial charge in [0.25, 0.3) is 11.8 Å². The summed E-state index contributed by atoms with van der Waals surface area (Å²) in [4.78, 5) is 60.9. The fraction of sp³-hybridized carbons (Fsp3) is 0.297. The number of nitrogens with two attached hydrogens (primary N) is 2. The van der Waals surface area contributed by atoms with Gasteiger partial charge >= 0.3 is 0 Å². The lowest BCUT2D eigenvalue weighted by Gasteiger charge is -2.27. The molecule has 6 aromatic rings. The molecule has 4 amide bonds. The van der Waals surface area contributed by atoms with Crippen LogP contribution in [0.25, 0.3) is 22.1 Å². The third-order valence-electron chi connectivity index (χ3n) is 9.69. The zero-order valence-electron chi connectivity index (χ0n) is 30.5. The number of carbonyl (C=O) groups is 4. The Balaban J connectivity index is 1.14. The first-order valence-electron chi connectivity index (χ1n) is 17.8. The third-order valence-corrected chi connectivity index (χ3v) is 9.69. The number of anilines is 2. The highest BCUT2D eigenvalue weighted by Crippen LogP contribution is 2.40. The summed E-state index contributed by atoms with van der Waals surface area (Å²) in [6, 6.07) is 8.93. The van der Waals surface area contributed by atoms with Gasteiger partial charge in [-0.2, -0.15) is 10.2 Å². The van der Waals surface area contributed by atoms with Crippen molar-refractivity contribution < 1.29 is 28.7 Å². The molecule has 0 radical (unpaired) electrons. The summed E-state index contributed by atoms with van der Waals surface area (Å²) in [5.41, 5.74) is 15.9. The molecule has 0 saturated carbocycles. The average Bonchev–Trinajstić information content (AvgIpc) is 3.93. The van der Waals surface area contributed by atoms with E-state index in [2.05, 4.69) is 20.8 Å². The lowest BCUT2D eigenvalue weighted by molar-refractivity contribution is 0.0991. The van der Waals surface area contributed by atoms with Gasteiger partial charge < -0.3 is 20.9 Å². The van der Waals surface area contributed by atoms with Crippen LogP contribution >= 0.6 is 0 Å². The molecule has 6 N–H and O–H groups in total. The minimum absolute atomic E-state index is 0.160. The Bertz CT molecular complexity index is 2610. The first-order valence-corrected chi connectivity index (χ1v) is 17.8. The van der Waals surface area contributed by atoms with Gasteiger partial charge in [-0.1, -0.05) is 12.2 Å². The highest BCUT2D eigenvalue weighted by Gasteiger charge is 2.31. The summed E-state index contributed by atoms with van der Waals surface area (Å²) in [5.74, 6) is -0.697. The average molecular weight is 747 g/mol. The van der Waals surface area contributed by atoms with E-state index in [1.54, 1.807) is 45.8 Å². The minimum atomic E-state index is -0.636. The summed E-state index contributed by atoms with van der Waals surface area (Å²) in [6.07, 6.45) is 4.34. The van der Waals surface area contributed by atoms with E-state index in [-0.39, 0.29) is 48.2 Å². The van der Waals surface area contributed by atoms with Crippen molar-refractivity contribution in [1.82, 2.24) is 38.7 Å².